The van der Waals surface area contributed by atoms with Gasteiger partial charge in [0.25, 0.3) is 0 Å². The monoisotopic (exact) mass is 410 g/mol. The van der Waals surface area contributed by atoms with Gasteiger partial charge in [0.05, 0.1) is 6.10 Å². The van der Waals surface area contributed by atoms with E-state index < -0.39 is 0 Å². The summed E-state index contributed by atoms with van der Waals surface area (Å²) in [7, 11) is 0. The molecule has 0 aromatic heterocycles. The fraction of sp³-hybridized carbons (Fsp3) is 0.793. The van der Waals surface area contributed by atoms with Gasteiger partial charge >= 0.3 is 0 Å². The first-order valence-corrected chi connectivity index (χ1v) is 12.9. The first kappa shape index (κ1) is 22.4. The van der Waals surface area contributed by atoms with Crippen molar-refractivity contribution in [3.05, 3.63) is 36.0 Å². The highest BCUT2D eigenvalue weighted by atomic mass is 16.3. The number of fused-ring (bicyclic) bond motifs is 5. The highest BCUT2D eigenvalue weighted by Gasteiger charge is 2.58. The third-order valence-corrected chi connectivity index (χ3v) is 10.5. The predicted octanol–water partition coefficient (Wildman–Crippen LogP) is 7.72. The summed E-state index contributed by atoms with van der Waals surface area (Å²) in [6.45, 7) is 16.3. The van der Waals surface area contributed by atoms with Gasteiger partial charge in [-0.05, 0) is 111 Å². The van der Waals surface area contributed by atoms with E-state index in [-0.39, 0.29) is 6.10 Å². The van der Waals surface area contributed by atoms with Gasteiger partial charge in [0.2, 0.25) is 0 Å². The van der Waals surface area contributed by atoms with E-state index in [0.717, 1.165) is 42.9 Å². The molecule has 30 heavy (non-hydrogen) atoms. The summed E-state index contributed by atoms with van der Waals surface area (Å²) in [6.07, 6.45) is 18.7. The fourth-order valence-electron chi connectivity index (χ4n) is 8.64. The standard InChI is InChI=1S/C29H46O/c1-7-21(19(2)3)9-8-20(4)25-12-13-26-24-11-10-22-18-23(30)14-16-28(22,5)27(24)15-17-29(25,26)6/h8-10,20-21,23-27,30H,2,7,11-18H2,1,3-6H3/b9-8+/t20-,21+,23+,24+,25+,26+,27-,28+,29+/m1/s1. The molecule has 1 N–H and O–H groups in total. The van der Waals surface area contributed by atoms with Crippen LogP contribution in [0.5, 0.6) is 0 Å². The van der Waals surface area contributed by atoms with Crippen molar-refractivity contribution >= 4 is 0 Å². The van der Waals surface area contributed by atoms with Crippen LogP contribution in [0.15, 0.2) is 36.0 Å². The topological polar surface area (TPSA) is 20.2 Å². The van der Waals surface area contributed by atoms with Gasteiger partial charge in [0.15, 0.2) is 0 Å². The summed E-state index contributed by atoms with van der Waals surface area (Å²) in [6, 6.07) is 0. The molecule has 0 saturated heterocycles. The van der Waals surface area contributed by atoms with Crippen molar-refractivity contribution in [2.45, 2.75) is 98.5 Å². The molecular formula is C29H46O. The van der Waals surface area contributed by atoms with E-state index in [1.165, 1.54) is 44.1 Å². The van der Waals surface area contributed by atoms with E-state index in [1.807, 2.05) is 0 Å². The molecule has 0 heterocycles. The van der Waals surface area contributed by atoms with Gasteiger partial charge in [-0.25, -0.2) is 0 Å². The fourth-order valence-corrected chi connectivity index (χ4v) is 8.64. The lowest BCUT2D eigenvalue weighted by atomic mass is 9.47. The highest BCUT2D eigenvalue weighted by molar-refractivity contribution is 5.25. The maximum Gasteiger partial charge on any atom is 0.0577 e. The smallest absolute Gasteiger partial charge is 0.0577 e. The van der Waals surface area contributed by atoms with Gasteiger partial charge in [0.1, 0.15) is 0 Å². The lowest BCUT2D eigenvalue weighted by Gasteiger charge is -2.58. The Labute approximate surface area is 186 Å². The second-order valence-corrected chi connectivity index (χ2v) is 12.0. The second-order valence-electron chi connectivity index (χ2n) is 12.0. The second kappa shape index (κ2) is 8.27. The molecule has 168 valence electrons. The maximum absolute atomic E-state index is 10.2. The normalized spacial score (nSPS) is 45.3. The van der Waals surface area contributed by atoms with Crippen LogP contribution in [-0.2, 0) is 0 Å². The molecule has 0 spiro atoms. The van der Waals surface area contributed by atoms with Crippen molar-refractivity contribution in [2.24, 2.45) is 46.3 Å². The van der Waals surface area contributed by atoms with Crippen molar-refractivity contribution in [3.63, 3.8) is 0 Å². The minimum atomic E-state index is -0.0932. The average Bonchev–Trinajstić information content (AvgIpc) is 3.06. The largest absolute Gasteiger partial charge is 0.393 e. The lowest BCUT2D eigenvalue weighted by Crippen LogP contribution is -2.50. The molecule has 4 aliphatic rings. The number of rotatable bonds is 5. The number of aliphatic hydroxyl groups is 1. The summed E-state index contributed by atoms with van der Waals surface area (Å²) < 4.78 is 0. The van der Waals surface area contributed by atoms with Crippen LogP contribution >= 0.6 is 0 Å². The zero-order valence-corrected chi connectivity index (χ0v) is 20.3. The summed E-state index contributed by atoms with van der Waals surface area (Å²) in [5.74, 6) is 4.64. The average molecular weight is 411 g/mol. The van der Waals surface area contributed by atoms with E-state index in [9.17, 15) is 5.11 Å². The van der Waals surface area contributed by atoms with Crippen LogP contribution in [-0.4, -0.2) is 11.2 Å². The Balaban J connectivity index is 1.53. The Morgan fingerprint density at radius 1 is 1.17 bits per heavy atom. The van der Waals surface area contributed by atoms with Crippen molar-refractivity contribution in [2.75, 3.05) is 0 Å². The number of allylic oxidation sites excluding steroid dienone is 4. The SMILES string of the molecule is C=C(C)[C@H](/C=C/[C@@H](C)[C@@H]1CC[C@H]2[C@@H]3CC=C4C[C@@H](O)CC[C@]4(C)[C@@H]3CC[C@]21C)CC. The van der Waals surface area contributed by atoms with E-state index in [1.54, 1.807) is 5.57 Å². The maximum atomic E-state index is 10.2. The summed E-state index contributed by atoms with van der Waals surface area (Å²) in [5.41, 5.74) is 3.77. The molecule has 9 atom stereocenters. The van der Waals surface area contributed by atoms with Gasteiger partial charge < -0.3 is 5.11 Å². The molecule has 1 nitrogen and oxygen atoms in total. The third-order valence-electron chi connectivity index (χ3n) is 10.5. The molecule has 0 unspecified atom stereocenters. The van der Waals surface area contributed by atoms with Gasteiger partial charge in [-0.1, -0.05) is 63.6 Å². The van der Waals surface area contributed by atoms with E-state index in [0.29, 0.717) is 22.7 Å². The number of hydrogen-bond acceptors (Lipinski definition) is 1. The molecule has 0 aromatic rings. The quantitative estimate of drug-likeness (QED) is 0.460. The summed E-state index contributed by atoms with van der Waals surface area (Å²) in [5, 5.41) is 10.2. The molecule has 0 aromatic carbocycles. The van der Waals surface area contributed by atoms with Crippen molar-refractivity contribution in [1.29, 1.82) is 0 Å². The Morgan fingerprint density at radius 2 is 1.93 bits per heavy atom. The van der Waals surface area contributed by atoms with Crippen LogP contribution in [0.25, 0.3) is 0 Å². The predicted molar refractivity (Wildman–Crippen MR) is 128 cm³/mol. The van der Waals surface area contributed by atoms with Gasteiger partial charge in [-0.2, -0.15) is 0 Å². The molecule has 1 heteroatoms. The molecule has 0 amide bonds. The molecule has 0 aliphatic heterocycles. The van der Waals surface area contributed by atoms with Gasteiger partial charge in [0, 0.05) is 0 Å². The third kappa shape index (κ3) is 3.58. The van der Waals surface area contributed by atoms with Crippen molar-refractivity contribution in [3.8, 4) is 0 Å². The van der Waals surface area contributed by atoms with Crippen molar-refractivity contribution in [1.82, 2.24) is 0 Å². The number of aliphatic hydroxyl groups excluding tert-OH is 1. The van der Waals surface area contributed by atoms with E-state index in [2.05, 4.69) is 59.4 Å². The van der Waals surface area contributed by atoms with Crippen LogP contribution in [0, 0.1) is 46.3 Å². The zero-order chi connectivity index (χ0) is 21.7. The zero-order valence-electron chi connectivity index (χ0n) is 20.3. The minimum absolute atomic E-state index is 0.0932. The lowest BCUT2D eigenvalue weighted by molar-refractivity contribution is -0.0540. The molecule has 3 fully saturated rings. The van der Waals surface area contributed by atoms with Crippen LogP contribution < -0.4 is 0 Å². The minimum Gasteiger partial charge on any atom is -0.393 e. The molecular weight excluding hydrogens is 364 g/mol. The molecule has 4 aliphatic carbocycles. The Morgan fingerprint density at radius 3 is 2.63 bits per heavy atom. The Hall–Kier alpha value is -0.820. The van der Waals surface area contributed by atoms with Gasteiger partial charge in [-0.15, -0.1) is 0 Å². The Kier molecular flexibility index (Phi) is 6.17. The molecule has 0 radical (unpaired) electrons. The van der Waals surface area contributed by atoms with E-state index in [4.69, 9.17) is 0 Å². The summed E-state index contributed by atoms with van der Waals surface area (Å²) >= 11 is 0. The van der Waals surface area contributed by atoms with Crippen LogP contribution in [0.1, 0.15) is 92.4 Å². The van der Waals surface area contributed by atoms with Crippen LogP contribution in [0.4, 0.5) is 0 Å². The van der Waals surface area contributed by atoms with Crippen molar-refractivity contribution < 1.29 is 5.11 Å². The molecule has 3 saturated carbocycles. The Bertz CT molecular complexity index is 716. The molecule has 0 bridgehead atoms. The van der Waals surface area contributed by atoms with Crippen LogP contribution in [0.3, 0.4) is 0 Å². The summed E-state index contributed by atoms with van der Waals surface area (Å²) in [4.78, 5) is 0. The van der Waals surface area contributed by atoms with Crippen LogP contribution in [0.2, 0.25) is 0 Å². The first-order chi connectivity index (χ1) is 14.2. The van der Waals surface area contributed by atoms with E-state index >= 15 is 0 Å². The highest BCUT2D eigenvalue weighted by Crippen LogP contribution is 2.67. The molecule has 4 rings (SSSR count). The number of hydrogen-bond donors (Lipinski definition) is 1. The van der Waals surface area contributed by atoms with Gasteiger partial charge in [-0.3, -0.25) is 0 Å². The first-order valence-electron chi connectivity index (χ1n) is 12.9.